The van der Waals surface area contributed by atoms with Crippen LogP contribution in [0.25, 0.3) is 0 Å². The SMILES string of the molecule is COc1cccc(C=NNC(=O)C(=O)Nc2cccc(F)c2)c1. The van der Waals surface area contributed by atoms with Gasteiger partial charge in [0.2, 0.25) is 0 Å². The number of nitrogens with one attached hydrogen (secondary N) is 2. The number of hydrazone groups is 1. The fraction of sp³-hybridized carbons (Fsp3) is 0.0625. The maximum Gasteiger partial charge on any atom is 0.329 e. The first-order valence-corrected chi connectivity index (χ1v) is 6.62. The Hall–Kier alpha value is -3.22. The Morgan fingerprint density at radius 2 is 1.91 bits per heavy atom. The van der Waals surface area contributed by atoms with Gasteiger partial charge in [0.05, 0.1) is 13.3 Å². The number of nitrogens with zero attached hydrogens (tertiary/aromatic N) is 1. The number of amides is 2. The average molecular weight is 315 g/mol. The smallest absolute Gasteiger partial charge is 0.329 e. The van der Waals surface area contributed by atoms with Gasteiger partial charge in [0.1, 0.15) is 11.6 Å². The normalized spacial score (nSPS) is 10.3. The van der Waals surface area contributed by atoms with Gasteiger partial charge in [-0.05, 0) is 35.9 Å². The average Bonchev–Trinajstić information content (AvgIpc) is 2.55. The van der Waals surface area contributed by atoms with Crippen LogP contribution < -0.4 is 15.5 Å². The number of methoxy groups -OCH3 is 1. The summed E-state index contributed by atoms with van der Waals surface area (Å²) in [6.45, 7) is 0. The van der Waals surface area contributed by atoms with Crippen molar-refractivity contribution in [2.75, 3.05) is 12.4 Å². The van der Waals surface area contributed by atoms with Gasteiger partial charge < -0.3 is 10.1 Å². The minimum Gasteiger partial charge on any atom is -0.497 e. The van der Waals surface area contributed by atoms with Gasteiger partial charge in [-0.1, -0.05) is 18.2 Å². The van der Waals surface area contributed by atoms with Crippen LogP contribution in [0.4, 0.5) is 10.1 Å². The van der Waals surface area contributed by atoms with E-state index in [4.69, 9.17) is 4.74 Å². The third-order valence-electron chi connectivity index (χ3n) is 2.76. The van der Waals surface area contributed by atoms with E-state index < -0.39 is 17.6 Å². The van der Waals surface area contributed by atoms with Gasteiger partial charge >= 0.3 is 11.8 Å². The molecule has 0 aromatic heterocycles. The molecule has 7 heteroatoms. The highest BCUT2D eigenvalue weighted by Gasteiger charge is 2.12. The molecule has 0 saturated heterocycles. The number of rotatable bonds is 4. The van der Waals surface area contributed by atoms with E-state index in [1.54, 1.807) is 24.3 Å². The number of hydrogen-bond donors (Lipinski definition) is 2. The first-order valence-electron chi connectivity index (χ1n) is 6.62. The van der Waals surface area contributed by atoms with Crippen molar-refractivity contribution in [3.05, 3.63) is 59.9 Å². The second-order valence-electron chi connectivity index (χ2n) is 4.44. The van der Waals surface area contributed by atoms with Crippen molar-refractivity contribution in [2.45, 2.75) is 0 Å². The quantitative estimate of drug-likeness (QED) is 0.514. The van der Waals surface area contributed by atoms with Crippen LogP contribution in [0.5, 0.6) is 5.75 Å². The number of benzene rings is 2. The van der Waals surface area contributed by atoms with Crippen LogP contribution in [0, 0.1) is 5.82 Å². The van der Waals surface area contributed by atoms with E-state index in [0.29, 0.717) is 11.3 Å². The largest absolute Gasteiger partial charge is 0.497 e. The van der Waals surface area contributed by atoms with E-state index in [1.807, 2.05) is 0 Å². The lowest BCUT2D eigenvalue weighted by Gasteiger charge is -2.03. The summed E-state index contributed by atoms with van der Waals surface area (Å²) in [7, 11) is 1.54. The molecule has 2 aromatic rings. The fourth-order valence-electron chi connectivity index (χ4n) is 1.69. The summed E-state index contributed by atoms with van der Waals surface area (Å²) in [5.74, 6) is -1.78. The van der Waals surface area contributed by atoms with E-state index >= 15 is 0 Å². The zero-order valence-electron chi connectivity index (χ0n) is 12.2. The summed E-state index contributed by atoms with van der Waals surface area (Å²) in [5.41, 5.74) is 2.96. The van der Waals surface area contributed by atoms with Gasteiger partial charge in [0.25, 0.3) is 0 Å². The Morgan fingerprint density at radius 3 is 2.65 bits per heavy atom. The molecular weight excluding hydrogens is 301 g/mol. The highest BCUT2D eigenvalue weighted by molar-refractivity contribution is 6.39. The van der Waals surface area contributed by atoms with Crippen LogP contribution in [0.3, 0.4) is 0 Å². The van der Waals surface area contributed by atoms with Crippen molar-refractivity contribution in [3.63, 3.8) is 0 Å². The van der Waals surface area contributed by atoms with Gasteiger partial charge in [0, 0.05) is 5.69 Å². The third kappa shape index (κ3) is 4.92. The monoisotopic (exact) mass is 315 g/mol. The molecule has 0 fully saturated rings. The molecule has 0 bridgehead atoms. The second kappa shape index (κ2) is 7.69. The summed E-state index contributed by atoms with van der Waals surface area (Å²) in [4.78, 5) is 23.2. The van der Waals surface area contributed by atoms with Gasteiger partial charge in [0.15, 0.2) is 0 Å². The molecule has 0 spiro atoms. The molecule has 0 radical (unpaired) electrons. The first-order chi connectivity index (χ1) is 11.1. The van der Waals surface area contributed by atoms with E-state index in [0.717, 1.165) is 6.07 Å². The molecule has 0 unspecified atom stereocenters. The summed E-state index contributed by atoms with van der Waals surface area (Å²) < 4.78 is 18.0. The standard InChI is InChI=1S/C16H14FN3O3/c1-23-14-7-2-4-11(8-14)10-18-20-16(22)15(21)19-13-6-3-5-12(17)9-13/h2-10H,1H3,(H,19,21)(H,20,22). The number of carbonyl (C=O) groups is 2. The topological polar surface area (TPSA) is 79.8 Å². The molecule has 2 rings (SSSR count). The minimum atomic E-state index is -0.964. The fourth-order valence-corrected chi connectivity index (χ4v) is 1.69. The molecule has 2 N–H and O–H groups in total. The van der Waals surface area contributed by atoms with Gasteiger partial charge in [-0.15, -0.1) is 0 Å². The minimum absolute atomic E-state index is 0.182. The van der Waals surface area contributed by atoms with Crippen molar-refractivity contribution in [2.24, 2.45) is 5.10 Å². The summed E-state index contributed by atoms with van der Waals surface area (Å²) in [5, 5.41) is 5.95. The van der Waals surface area contributed by atoms with E-state index in [-0.39, 0.29) is 5.69 Å². The van der Waals surface area contributed by atoms with Crippen molar-refractivity contribution < 1.29 is 18.7 Å². The van der Waals surface area contributed by atoms with Crippen molar-refractivity contribution in [3.8, 4) is 5.75 Å². The predicted octanol–water partition coefficient (Wildman–Crippen LogP) is 1.92. The summed E-state index contributed by atoms with van der Waals surface area (Å²) >= 11 is 0. The summed E-state index contributed by atoms with van der Waals surface area (Å²) in [6, 6.07) is 12.2. The number of halogens is 1. The molecule has 0 saturated carbocycles. The molecule has 23 heavy (non-hydrogen) atoms. The third-order valence-corrected chi connectivity index (χ3v) is 2.76. The van der Waals surface area contributed by atoms with E-state index in [1.165, 1.54) is 31.5 Å². The second-order valence-corrected chi connectivity index (χ2v) is 4.44. The van der Waals surface area contributed by atoms with Gasteiger partial charge in [-0.3, -0.25) is 9.59 Å². The zero-order chi connectivity index (χ0) is 16.7. The molecule has 0 aliphatic heterocycles. The lowest BCUT2D eigenvalue weighted by molar-refractivity contribution is -0.136. The molecule has 0 aliphatic carbocycles. The van der Waals surface area contributed by atoms with Crippen molar-refractivity contribution >= 4 is 23.7 Å². The van der Waals surface area contributed by atoms with Crippen LogP contribution in [-0.4, -0.2) is 25.1 Å². The van der Waals surface area contributed by atoms with Crippen LogP contribution in [0.1, 0.15) is 5.56 Å². The molecule has 2 aromatic carbocycles. The van der Waals surface area contributed by atoms with Crippen LogP contribution in [0.2, 0.25) is 0 Å². The molecule has 2 amide bonds. The van der Waals surface area contributed by atoms with Gasteiger partial charge in [-0.25, -0.2) is 9.82 Å². The molecule has 0 aliphatic rings. The van der Waals surface area contributed by atoms with E-state index in [2.05, 4.69) is 15.8 Å². The Bertz CT molecular complexity index is 747. The molecule has 118 valence electrons. The molecular formula is C16H14FN3O3. The van der Waals surface area contributed by atoms with Crippen LogP contribution in [-0.2, 0) is 9.59 Å². The van der Waals surface area contributed by atoms with Crippen LogP contribution >= 0.6 is 0 Å². The number of hydrogen-bond acceptors (Lipinski definition) is 4. The van der Waals surface area contributed by atoms with Gasteiger partial charge in [-0.2, -0.15) is 5.10 Å². The Kier molecular flexibility index (Phi) is 5.40. The molecule has 0 atom stereocenters. The van der Waals surface area contributed by atoms with Crippen molar-refractivity contribution in [1.82, 2.24) is 5.43 Å². The first kappa shape index (κ1) is 16.2. The molecule has 6 nitrogen and oxygen atoms in total. The Balaban J connectivity index is 1.90. The maximum atomic E-state index is 13.0. The maximum absolute atomic E-state index is 13.0. The highest BCUT2D eigenvalue weighted by Crippen LogP contribution is 2.10. The number of anilines is 1. The van der Waals surface area contributed by atoms with Crippen LogP contribution in [0.15, 0.2) is 53.6 Å². The Labute approximate surface area is 132 Å². The Morgan fingerprint density at radius 1 is 1.13 bits per heavy atom. The van der Waals surface area contributed by atoms with Crippen molar-refractivity contribution in [1.29, 1.82) is 0 Å². The summed E-state index contributed by atoms with van der Waals surface area (Å²) in [6.07, 6.45) is 1.37. The van der Waals surface area contributed by atoms with E-state index in [9.17, 15) is 14.0 Å². The zero-order valence-corrected chi connectivity index (χ0v) is 12.2. The predicted molar refractivity (Wildman–Crippen MR) is 83.8 cm³/mol. The number of carbonyl (C=O) groups excluding carboxylic acids is 2. The number of ether oxygens (including phenoxy) is 1. The highest BCUT2D eigenvalue weighted by atomic mass is 19.1. The lowest BCUT2D eigenvalue weighted by Crippen LogP contribution is -2.32. The molecule has 0 heterocycles. The lowest BCUT2D eigenvalue weighted by atomic mass is 10.2.